The van der Waals surface area contributed by atoms with E-state index in [9.17, 15) is 9.90 Å². The molecular weight excluding hydrogens is 264 g/mol. The Morgan fingerprint density at radius 1 is 1.19 bits per heavy atom. The molecule has 3 unspecified atom stereocenters. The maximum atomic E-state index is 12.1. The number of benzene rings is 1. The zero-order valence-electron chi connectivity index (χ0n) is 12.8. The zero-order valence-corrected chi connectivity index (χ0v) is 12.8. The molecule has 1 heterocycles. The molecule has 21 heavy (non-hydrogen) atoms. The molecule has 1 aromatic carbocycles. The number of hydrogen-bond donors (Lipinski definition) is 1. The van der Waals surface area contributed by atoms with Crippen LogP contribution in [0, 0.1) is 23.2 Å². The van der Waals surface area contributed by atoms with Crippen LogP contribution >= 0.6 is 0 Å². The van der Waals surface area contributed by atoms with Crippen molar-refractivity contribution >= 4 is 5.97 Å². The number of rotatable bonds is 2. The normalized spacial score (nSPS) is 35.6. The van der Waals surface area contributed by atoms with E-state index in [2.05, 4.69) is 13.8 Å². The van der Waals surface area contributed by atoms with Crippen molar-refractivity contribution in [3.8, 4) is 5.75 Å². The second-order valence-corrected chi connectivity index (χ2v) is 7.15. The fraction of sp³-hybridized carbons (Fsp3) is 0.611. The van der Waals surface area contributed by atoms with Crippen molar-refractivity contribution in [2.24, 2.45) is 23.2 Å². The van der Waals surface area contributed by atoms with Crippen molar-refractivity contribution in [2.45, 2.75) is 39.5 Å². The molecule has 0 bridgehead atoms. The lowest BCUT2D eigenvalue weighted by Gasteiger charge is -2.44. The summed E-state index contributed by atoms with van der Waals surface area (Å²) in [6, 6.07) is 7.85. The number of hydrogen-bond acceptors (Lipinski definition) is 2. The lowest BCUT2D eigenvalue weighted by atomic mass is 9.61. The monoisotopic (exact) mass is 288 g/mol. The Hall–Kier alpha value is -1.51. The first kappa shape index (κ1) is 14.4. The fourth-order valence-corrected chi connectivity index (χ4v) is 4.36. The summed E-state index contributed by atoms with van der Waals surface area (Å²) in [5.74, 6) is 1.58. The van der Waals surface area contributed by atoms with Gasteiger partial charge in [-0.05, 0) is 55.1 Å². The second kappa shape index (κ2) is 5.36. The highest BCUT2D eigenvalue weighted by Gasteiger charge is 2.50. The van der Waals surface area contributed by atoms with Crippen molar-refractivity contribution in [3.05, 3.63) is 29.8 Å². The summed E-state index contributed by atoms with van der Waals surface area (Å²) in [5.41, 5.74) is 0.286. The maximum Gasteiger partial charge on any atom is 0.313 e. The van der Waals surface area contributed by atoms with E-state index in [0.717, 1.165) is 24.2 Å². The van der Waals surface area contributed by atoms with Crippen LogP contribution in [0.1, 0.15) is 38.7 Å². The van der Waals surface area contributed by atoms with E-state index in [1.807, 2.05) is 24.3 Å². The first-order valence-electron chi connectivity index (χ1n) is 7.95. The molecule has 0 spiro atoms. The molecule has 1 saturated carbocycles. The molecule has 1 N–H and O–H groups in total. The summed E-state index contributed by atoms with van der Waals surface area (Å²) >= 11 is 0. The van der Waals surface area contributed by atoms with Crippen molar-refractivity contribution < 1.29 is 14.6 Å². The third-order valence-electron chi connectivity index (χ3n) is 5.35. The summed E-state index contributed by atoms with van der Waals surface area (Å²) in [4.78, 5) is 12.1. The smallest absolute Gasteiger partial charge is 0.313 e. The van der Waals surface area contributed by atoms with Crippen molar-refractivity contribution in [1.82, 2.24) is 0 Å². The quantitative estimate of drug-likeness (QED) is 0.901. The standard InChI is InChI=1S/C18H24O3/c1-12-7-13(2)9-15(8-12)18(17(19)20)10-14-5-3-4-6-16(14)21-11-18/h3-6,12-13,15H,7-11H2,1-2H3,(H,19,20). The predicted octanol–water partition coefficient (Wildman–Crippen LogP) is 3.76. The van der Waals surface area contributed by atoms with Gasteiger partial charge in [-0.3, -0.25) is 4.79 Å². The van der Waals surface area contributed by atoms with Gasteiger partial charge in [-0.15, -0.1) is 0 Å². The SMILES string of the molecule is CC1CC(C)CC(C2(C(=O)O)COc3ccccc3C2)C1. The van der Waals surface area contributed by atoms with Crippen molar-refractivity contribution in [1.29, 1.82) is 0 Å². The Kier molecular flexibility index (Phi) is 3.68. The number of carboxylic acids is 1. The Bertz CT molecular complexity index is 529. The first-order chi connectivity index (χ1) is 10.0. The highest BCUT2D eigenvalue weighted by atomic mass is 16.5. The molecule has 3 nitrogen and oxygen atoms in total. The number of aliphatic carboxylic acids is 1. The average molecular weight is 288 g/mol. The molecule has 1 aliphatic carbocycles. The Balaban J connectivity index is 1.93. The van der Waals surface area contributed by atoms with Crippen molar-refractivity contribution in [3.63, 3.8) is 0 Å². The Labute approximate surface area is 126 Å². The van der Waals surface area contributed by atoms with Gasteiger partial charge in [0.05, 0.1) is 0 Å². The van der Waals surface area contributed by atoms with Gasteiger partial charge >= 0.3 is 5.97 Å². The van der Waals surface area contributed by atoms with E-state index in [1.54, 1.807) is 0 Å². The van der Waals surface area contributed by atoms with Crippen molar-refractivity contribution in [2.75, 3.05) is 6.61 Å². The molecule has 0 radical (unpaired) electrons. The highest BCUT2D eigenvalue weighted by molar-refractivity contribution is 5.76. The van der Waals surface area contributed by atoms with E-state index in [-0.39, 0.29) is 5.92 Å². The Morgan fingerprint density at radius 2 is 1.86 bits per heavy atom. The topological polar surface area (TPSA) is 46.5 Å². The number of fused-ring (bicyclic) bond motifs is 1. The third-order valence-corrected chi connectivity index (χ3v) is 5.35. The molecule has 3 rings (SSSR count). The largest absolute Gasteiger partial charge is 0.492 e. The predicted molar refractivity (Wildman–Crippen MR) is 81.4 cm³/mol. The van der Waals surface area contributed by atoms with E-state index in [1.165, 1.54) is 6.42 Å². The first-order valence-corrected chi connectivity index (χ1v) is 7.95. The van der Waals surface area contributed by atoms with Crippen LogP contribution in [0.5, 0.6) is 5.75 Å². The van der Waals surface area contributed by atoms with Gasteiger partial charge in [0.15, 0.2) is 0 Å². The van der Waals surface area contributed by atoms with Gasteiger partial charge in [0, 0.05) is 0 Å². The number of ether oxygens (including phenoxy) is 1. The number of carbonyl (C=O) groups is 1. The molecule has 1 aliphatic heterocycles. The highest BCUT2D eigenvalue weighted by Crippen LogP contribution is 2.48. The van der Waals surface area contributed by atoms with Gasteiger partial charge in [0.2, 0.25) is 0 Å². The minimum Gasteiger partial charge on any atom is -0.492 e. The molecule has 1 fully saturated rings. The van der Waals surface area contributed by atoms with Crippen LogP contribution in [-0.4, -0.2) is 17.7 Å². The van der Waals surface area contributed by atoms with E-state index >= 15 is 0 Å². The van der Waals surface area contributed by atoms with Gasteiger partial charge in [0.25, 0.3) is 0 Å². The molecule has 0 amide bonds. The summed E-state index contributed by atoms with van der Waals surface area (Å²) in [7, 11) is 0. The zero-order chi connectivity index (χ0) is 15.0. The van der Waals surface area contributed by atoms with Gasteiger partial charge in [0.1, 0.15) is 17.8 Å². The molecule has 3 heteroatoms. The fourth-order valence-electron chi connectivity index (χ4n) is 4.36. The summed E-state index contributed by atoms with van der Waals surface area (Å²) in [6.45, 7) is 4.80. The van der Waals surface area contributed by atoms with Gasteiger partial charge in [-0.2, -0.15) is 0 Å². The average Bonchev–Trinajstić information content (AvgIpc) is 2.45. The molecular formula is C18H24O3. The molecule has 0 aromatic heterocycles. The maximum absolute atomic E-state index is 12.1. The van der Waals surface area contributed by atoms with Crippen LogP contribution in [0.15, 0.2) is 24.3 Å². The van der Waals surface area contributed by atoms with Crippen LogP contribution in [0.2, 0.25) is 0 Å². The molecule has 3 atom stereocenters. The number of carboxylic acid groups (broad SMARTS) is 1. The summed E-state index contributed by atoms with van der Waals surface area (Å²) in [6.07, 6.45) is 3.82. The lowest BCUT2D eigenvalue weighted by Crippen LogP contribution is -2.49. The minimum absolute atomic E-state index is 0.210. The number of para-hydroxylation sites is 1. The molecule has 0 saturated heterocycles. The van der Waals surface area contributed by atoms with Gasteiger partial charge in [-0.25, -0.2) is 0 Å². The van der Waals surface area contributed by atoms with Crippen LogP contribution < -0.4 is 4.74 Å². The van der Waals surface area contributed by atoms with Gasteiger partial charge < -0.3 is 9.84 Å². The third kappa shape index (κ3) is 2.54. The van der Waals surface area contributed by atoms with Crippen LogP contribution in [0.25, 0.3) is 0 Å². The van der Waals surface area contributed by atoms with Gasteiger partial charge in [-0.1, -0.05) is 32.0 Å². The minimum atomic E-state index is -0.753. The Morgan fingerprint density at radius 3 is 2.52 bits per heavy atom. The lowest BCUT2D eigenvalue weighted by molar-refractivity contribution is -0.158. The van der Waals surface area contributed by atoms with E-state index in [4.69, 9.17) is 4.74 Å². The molecule has 1 aromatic rings. The van der Waals surface area contributed by atoms with E-state index in [0.29, 0.717) is 24.9 Å². The van der Waals surface area contributed by atoms with Crippen LogP contribution in [0.3, 0.4) is 0 Å². The van der Waals surface area contributed by atoms with E-state index < -0.39 is 11.4 Å². The summed E-state index contributed by atoms with van der Waals surface area (Å²) < 4.78 is 5.84. The summed E-state index contributed by atoms with van der Waals surface area (Å²) in [5, 5.41) is 9.96. The molecule has 2 aliphatic rings. The second-order valence-electron chi connectivity index (χ2n) is 7.15. The van der Waals surface area contributed by atoms with Crippen LogP contribution in [0.4, 0.5) is 0 Å². The molecule has 114 valence electrons. The van der Waals surface area contributed by atoms with Crippen LogP contribution in [-0.2, 0) is 11.2 Å².